The van der Waals surface area contributed by atoms with Crippen LogP contribution >= 0.6 is 0 Å². The molecule has 2 aliphatic heterocycles. The number of hydrogen-bond acceptors (Lipinski definition) is 8. The van der Waals surface area contributed by atoms with Crippen LogP contribution in [0, 0.1) is 0 Å². The molecule has 2 aromatic carbocycles. The quantitative estimate of drug-likeness (QED) is 0.0835. The molecule has 0 saturated carbocycles. The van der Waals surface area contributed by atoms with Crippen LogP contribution in [0.5, 0.6) is 0 Å². The molecule has 0 amide bonds. The maximum Gasteiger partial charge on any atom is 0.325 e. The Hall–Kier alpha value is -4.48. The summed E-state index contributed by atoms with van der Waals surface area (Å²) in [6, 6.07) is 28.1. The number of nitrogens with zero attached hydrogens (tertiary/aromatic N) is 6. The van der Waals surface area contributed by atoms with Gasteiger partial charge in [-0.25, -0.2) is 0 Å². The lowest BCUT2D eigenvalue weighted by molar-refractivity contribution is -0.144. The van der Waals surface area contributed by atoms with Gasteiger partial charge in [-0.2, -0.15) is 0 Å². The normalized spacial score (nSPS) is 19.8. The van der Waals surface area contributed by atoms with Crippen LogP contribution in [-0.4, -0.2) is 117 Å². The molecule has 0 bridgehead atoms. The molecular weight excluding hydrogens is 797 g/mol. The van der Waals surface area contributed by atoms with Gasteiger partial charge in [-0.05, 0) is 164 Å². The average molecular weight is 871 g/mol. The molecule has 8 rings (SSSR count). The van der Waals surface area contributed by atoms with Crippen molar-refractivity contribution in [2.75, 3.05) is 53.4 Å². The summed E-state index contributed by atoms with van der Waals surface area (Å²) in [5, 5.41) is 19.6. The van der Waals surface area contributed by atoms with Gasteiger partial charge in [0, 0.05) is 61.0 Å². The van der Waals surface area contributed by atoms with Gasteiger partial charge < -0.3 is 20.0 Å². The van der Waals surface area contributed by atoms with Gasteiger partial charge in [-0.15, -0.1) is 0 Å². The van der Waals surface area contributed by atoms with Crippen LogP contribution < -0.4 is 0 Å². The largest absolute Gasteiger partial charge is 0.480 e. The summed E-state index contributed by atoms with van der Waals surface area (Å²) in [6.07, 6.45) is 21.3. The van der Waals surface area contributed by atoms with Crippen molar-refractivity contribution < 1.29 is 19.8 Å². The molecule has 4 aromatic rings. The summed E-state index contributed by atoms with van der Waals surface area (Å²) in [5.74, 6) is -1.51. The van der Waals surface area contributed by atoms with Crippen molar-refractivity contribution in [3.05, 3.63) is 130 Å². The van der Waals surface area contributed by atoms with Crippen LogP contribution in [0.4, 0.5) is 0 Å². The van der Waals surface area contributed by atoms with Gasteiger partial charge >= 0.3 is 11.9 Å². The fourth-order valence-corrected chi connectivity index (χ4v) is 10.6. The van der Waals surface area contributed by atoms with Crippen LogP contribution in [-0.2, 0) is 48.1 Å². The van der Waals surface area contributed by atoms with Crippen molar-refractivity contribution in [1.82, 2.24) is 29.6 Å². The summed E-state index contributed by atoms with van der Waals surface area (Å²) >= 11 is 0. The summed E-state index contributed by atoms with van der Waals surface area (Å²) in [6.45, 7) is 5.46. The molecule has 0 spiro atoms. The van der Waals surface area contributed by atoms with Crippen molar-refractivity contribution in [1.29, 1.82) is 0 Å². The highest BCUT2D eigenvalue weighted by Gasteiger charge is 2.36. The molecule has 0 radical (unpaired) electrons. The minimum atomic E-state index is -0.754. The number of carboxylic acid groups (broad SMARTS) is 2. The zero-order chi connectivity index (χ0) is 44.7. The van der Waals surface area contributed by atoms with Crippen molar-refractivity contribution in [2.45, 2.75) is 140 Å². The number of aryl methyl sites for hydroxylation is 6. The lowest BCUT2D eigenvalue weighted by Gasteiger charge is -2.27. The highest BCUT2D eigenvalue weighted by molar-refractivity contribution is 5.76. The van der Waals surface area contributed by atoms with Gasteiger partial charge in [0.2, 0.25) is 0 Å². The standard InChI is InChI=1S/2C27H37N3O2/c2*1-29(18-9-3-6-13-23-16-15-21-10-7-8-14-25(21)28-23)24-17-19-30(20-24)26(27(31)32)22-11-4-2-5-12-22/h2*2,4-5,11-12,15-16,24,26H,3,6-10,13-14,17-20H2,1H3,(H,31,32)/t24-,26+;24-,26-/m11/s1. The number of carboxylic acids is 2. The molecule has 344 valence electrons. The number of unbranched alkanes of at least 4 members (excludes halogenated alkanes) is 4. The Bertz CT molecular complexity index is 1920. The number of carbonyl (C=O) groups is 2. The third-order valence-electron chi connectivity index (χ3n) is 14.4. The molecule has 4 aliphatic rings. The van der Waals surface area contributed by atoms with E-state index in [2.05, 4.69) is 58.0 Å². The Morgan fingerprint density at radius 2 is 0.969 bits per heavy atom. The fourth-order valence-electron chi connectivity index (χ4n) is 10.6. The highest BCUT2D eigenvalue weighted by Crippen LogP contribution is 2.29. The molecular formula is C54H74N6O4. The minimum Gasteiger partial charge on any atom is -0.480 e. The second-order valence-electron chi connectivity index (χ2n) is 19.0. The summed E-state index contributed by atoms with van der Waals surface area (Å²) in [4.78, 5) is 42.8. The molecule has 10 heteroatoms. The minimum absolute atomic E-state index is 0.433. The van der Waals surface area contributed by atoms with Crippen molar-refractivity contribution in [3.8, 4) is 0 Å². The van der Waals surface area contributed by atoms with E-state index in [0.717, 1.165) is 88.9 Å². The number of aliphatic carboxylic acids is 2. The number of aromatic nitrogens is 2. The lowest BCUT2D eigenvalue weighted by atomic mass is 9.95. The molecule has 2 aliphatic carbocycles. The zero-order valence-electron chi connectivity index (χ0n) is 38.8. The van der Waals surface area contributed by atoms with E-state index in [1.807, 2.05) is 60.7 Å². The molecule has 2 aromatic heterocycles. The number of likely N-dealkylation sites (N-methyl/N-ethyl adjacent to an activating group) is 2. The van der Waals surface area contributed by atoms with Gasteiger partial charge in [0.15, 0.2) is 0 Å². The molecule has 64 heavy (non-hydrogen) atoms. The summed E-state index contributed by atoms with van der Waals surface area (Å²) in [7, 11) is 4.38. The fraction of sp³-hybridized carbons (Fsp3) is 0.556. The van der Waals surface area contributed by atoms with Crippen molar-refractivity contribution in [3.63, 3.8) is 0 Å². The van der Waals surface area contributed by atoms with Crippen LogP contribution in [0.1, 0.15) is 134 Å². The second-order valence-corrected chi connectivity index (χ2v) is 19.0. The monoisotopic (exact) mass is 871 g/mol. The Labute approximate surface area is 383 Å². The zero-order valence-corrected chi connectivity index (χ0v) is 38.8. The van der Waals surface area contributed by atoms with E-state index in [4.69, 9.17) is 9.97 Å². The molecule has 4 atom stereocenters. The lowest BCUT2D eigenvalue weighted by Crippen LogP contribution is -2.38. The third kappa shape index (κ3) is 13.3. The molecule has 2 saturated heterocycles. The van der Waals surface area contributed by atoms with Crippen molar-refractivity contribution >= 4 is 11.9 Å². The maximum atomic E-state index is 11.9. The Morgan fingerprint density at radius 1 is 0.562 bits per heavy atom. The Morgan fingerprint density at radius 3 is 1.38 bits per heavy atom. The van der Waals surface area contributed by atoms with Gasteiger partial charge in [-0.1, -0.05) is 85.6 Å². The maximum absolute atomic E-state index is 11.9. The number of rotatable bonds is 20. The second kappa shape index (κ2) is 24.2. The molecule has 2 N–H and O–H groups in total. The van der Waals surface area contributed by atoms with Gasteiger partial charge in [0.25, 0.3) is 0 Å². The van der Waals surface area contributed by atoms with E-state index in [1.165, 1.54) is 111 Å². The first-order valence-corrected chi connectivity index (χ1v) is 24.6. The first-order chi connectivity index (χ1) is 31.2. The Kier molecular flexibility index (Phi) is 17.9. The molecule has 10 nitrogen and oxygen atoms in total. The van der Waals surface area contributed by atoms with E-state index < -0.39 is 24.0 Å². The van der Waals surface area contributed by atoms with Gasteiger partial charge in [0.05, 0.1) is 0 Å². The predicted molar refractivity (Wildman–Crippen MR) is 256 cm³/mol. The number of likely N-dealkylation sites (tertiary alicyclic amines) is 2. The van der Waals surface area contributed by atoms with Gasteiger partial charge in [-0.3, -0.25) is 29.4 Å². The van der Waals surface area contributed by atoms with Crippen LogP contribution in [0.15, 0.2) is 84.9 Å². The van der Waals surface area contributed by atoms with E-state index in [1.54, 1.807) is 0 Å². The van der Waals surface area contributed by atoms with Crippen LogP contribution in [0.25, 0.3) is 0 Å². The first kappa shape index (κ1) is 47.5. The van der Waals surface area contributed by atoms with E-state index in [-0.39, 0.29) is 0 Å². The number of pyridine rings is 2. The van der Waals surface area contributed by atoms with Crippen LogP contribution in [0.2, 0.25) is 0 Å². The summed E-state index contributed by atoms with van der Waals surface area (Å²) in [5.41, 5.74) is 9.87. The molecule has 0 unspecified atom stereocenters. The number of benzene rings is 2. The van der Waals surface area contributed by atoms with E-state index in [9.17, 15) is 19.8 Å². The number of fused-ring (bicyclic) bond motifs is 2. The Balaban J connectivity index is 0.000000191. The smallest absolute Gasteiger partial charge is 0.325 e. The summed E-state index contributed by atoms with van der Waals surface area (Å²) < 4.78 is 0. The predicted octanol–water partition coefficient (Wildman–Crippen LogP) is 9.01. The SMILES string of the molecule is CN(CCCCCc1ccc2c(n1)CCCC2)[C@@H]1CCN([C@@H](C(=O)O)c2ccccc2)C1.CN(CCCCCc1ccc2c(n1)CCCC2)[C@@H]1CCN([C@H](C(=O)O)c2ccccc2)C1. The topological polar surface area (TPSA) is 113 Å². The highest BCUT2D eigenvalue weighted by atomic mass is 16.4. The number of hydrogen-bond donors (Lipinski definition) is 2. The van der Waals surface area contributed by atoms with Crippen LogP contribution in [0.3, 0.4) is 0 Å². The molecule has 2 fully saturated rings. The third-order valence-corrected chi connectivity index (χ3v) is 14.4. The molecule has 4 heterocycles. The average Bonchev–Trinajstić information content (AvgIpc) is 4.01. The first-order valence-electron chi connectivity index (χ1n) is 24.6. The van der Waals surface area contributed by atoms with Crippen molar-refractivity contribution in [2.24, 2.45) is 0 Å². The van der Waals surface area contributed by atoms with E-state index >= 15 is 0 Å². The van der Waals surface area contributed by atoms with E-state index in [0.29, 0.717) is 12.1 Å². The van der Waals surface area contributed by atoms with Gasteiger partial charge in [0.1, 0.15) is 12.1 Å².